The quantitative estimate of drug-likeness (QED) is 0.627. The van der Waals surface area contributed by atoms with E-state index in [4.69, 9.17) is 16.0 Å². The van der Waals surface area contributed by atoms with Gasteiger partial charge in [-0.25, -0.2) is 0 Å². The third-order valence-corrected chi connectivity index (χ3v) is 5.57. The second-order valence-electron chi connectivity index (χ2n) is 7.35. The van der Waals surface area contributed by atoms with Crippen LogP contribution in [0.5, 0.6) is 0 Å². The van der Waals surface area contributed by atoms with Gasteiger partial charge < -0.3 is 14.4 Å². The van der Waals surface area contributed by atoms with E-state index in [2.05, 4.69) is 0 Å². The molecule has 0 radical (unpaired) electrons. The lowest BCUT2D eigenvalue weighted by Crippen LogP contribution is -2.41. The van der Waals surface area contributed by atoms with E-state index < -0.39 is 11.5 Å². The molecule has 0 unspecified atom stereocenters. The zero-order valence-corrected chi connectivity index (χ0v) is 16.9. The molecule has 4 rings (SSSR count). The highest BCUT2D eigenvalue weighted by Crippen LogP contribution is 2.45. The topological polar surface area (TPSA) is 70.7 Å². The lowest BCUT2D eigenvalue weighted by molar-refractivity contribution is -0.136. The van der Waals surface area contributed by atoms with E-state index in [1.807, 2.05) is 30.3 Å². The molecule has 0 saturated carbocycles. The van der Waals surface area contributed by atoms with E-state index in [0.29, 0.717) is 33.2 Å². The van der Waals surface area contributed by atoms with Crippen molar-refractivity contribution in [2.45, 2.75) is 32.4 Å². The minimum atomic E-state index is -1.98. The number of furan rings is 1. The van der Waals surface area contributed by atoms with Crippen LogP contribution in [-0.2, 0) is 16.9 Å². The maximum Gasteiger partial charge on any atom is 0.264 e. The maximum atomic E-state index is 13.3. The molecule has 5 nitrogen and oxygen atoms in total. The number of rotatable bonds is 5. The first-order chi connectivity index (χ1) is 13.8. The summed E-state index contributed by atoms with van der Waals surface area (Å²) in [6.07, 6.45) is 1.11. The third-order valence-electron chi connectivity index (χ3n) is 5.33. The van der Waals surface area contributed by atoms with Gasteiger partial charge in [-0.05, 0) is 43.2 Å². The zero-order chi connectivity index (χ0) is 20.8. The number of fused-ring (bicyclic) bond motifs is 1. The second-order valence-corrected chi connectivity index (χ2v) is 7.78. The Hall–Kier alpha value is -2.89. The lowest BCUT2D eigenvalue weighted by atomic mass is 9.87. The van der Waals surface area contributed by atoms with Gasteiger partial charge in [0.2, 0.25) is 0 Å². The summed E-state index contributed by atoms with van der Waals surface area (Å²) >= 11 is 6.15. The van der Waals surface area contributed by atoms with Gasteiger partial charge >= 0.3 is 0 Å². The normalized spacial score (nSPS) is 18.2. The van der Waals surface area contributed by atoms with Gasteiger partial charge in [-0.3, -0.25) is 9.59 Å². The fourth-order valence-electron chi connectivity index (χ4n) is 3.93. The molecular weight excluding hydrogens is 390 g/mol. The minimum Gasteiger partial charge on any atom is -0.469 e. The maximum absolute atomic E-state index is 13.3. The number of hydrogen-bond acceptors (Lipinski definition) is 4. The Balaban J connectivity index is 1.74. The standard InChI is InChI=1S/C23H20ClNO4/c1-14-13-29-15(2)21(14)20(26)11-23(28)18-10-17(24)8-9-19(18)25(22(23)27)12-16-6-4-3-5-7-16/h3-10,13,28H,11-12H2,1-2H3/t23-/m1/s1. The molecule has 1 aliphatic rings. The number of aliphatic hydroxyl groups is 1. The molecule has 2 heterocycles. The average molecular weight is 410 g/mol. The van der Waals surface area contributed by atoms with E-state index >= 15 is 0 Å². The Morgan fingerprint density at radius 2 is 1.90 bits per heavy atom. The Labute approximate surface area is 173 Å². The molecule has 1 amide bonds. The van der Waals surface area contributed by atoms with E-state index in [-0.39, 0.29) is 18.7 Å². The molecule has 0 fully saturated rings. The number of aryl methyl sites for hydroxylation is 2. The Morgan fingerprint density at radius 1 is 1.17 bits per heavy atom. The average Bonchev–Trinajstić information content (AvgIpc) is 3.13. The van der Waals surface area contributed by atoms with Crippen LogP contribution in [0.25, 0.3) is 0 Å². The number of ketones is 1. The molecular formula is C23H20ClNO4. The van der Waals surface area contributed by atoms with Crippen LogP contribution in [0.2, 0.25) is 5.02 Å². The van der Waals surface area contributed by atoms with E-state index in [0.717, 1.165) is 5.56 Å². The first-order valence-electron chi connectivity index (χ1n) is 9.27. The highest BCUT2D eigenvalue weighted by Gasteiger charge is 2.51. The van der Waals surface area contributed by atoms with Gasteiger partial charge in [0.05, 0.1) is 30.5 Å². The number of amides is 1. The Morgan fingerprint density at radius 3 is 2.55 bits per heavy atom. The SMILES string of the molecule is Cc1coc(C)c1C(=O)C[C@]1(O)C(=O)N(Cc2ccccc2)c2ccc(Cl)cc21. The van der Waals surface area contributed by atoms with E-state index in [9.17, 15) is 14.7 Å². The number of nitrogens with zero attached hydrogens (tertiary/aromatic N) is 1. The first kappa shape index (κ1) is 19.4. The molecule has 148 valence electrons. The summed E-state index contributed by atoms with van der Waals surface area (Å²) in [4.78, 5) is 27.8. The fraction of sp³-hybridized carbons (Fsp3) is 0.217. The summed E-state index contributed by atoms with van der Waals surface area (Å²) in [6.45, 7) is 3.73. The monoisotopic (exact) mass is 409 g/mol. The van der Waals surface area contributed by atoms with Gasteiger partial charge in [0.25, 0.3) is 5.91 Å². The van der Waals surface area contributed by atoms with Crippen molar-refractivity contribution in [3.8, 4) is 0 Å². The van der Waals surface area contributed by atoms with Crippen molar-refractivity contribution in [2.75, 3.05) is 4.90 Å². The predicted molar refractivity (Wildman–Crippen MR) is 110 cm³/mol. The number of halogens is 1. The molecule has 0 bridgehead atoms. The van der Waals surface area contributed by atoms with Crippen molar-refractivity contribution in [3.63, 3.8) is 0 Å². The number of hydrogen-bond donors (Lipinski definition) is 1. The first-order valence-corrected chi connectivity index (χ1v) is 9.65. The van der Waals surface area contributed by atoms with Crippen molar-refractivity contribution in [1.82, 2.24) is 0 Å². The lowest BCUT2D eigenvalue weighted by Gasteiger charge is -2.23. The van der Waals surface area contributed by atoms with Gasteiger partial charge in [-0.2, -0.15) is 0 Å². The number of Topliss-reactive ketones (excluding diaryl/α,β-unsaturated/α-hetero) is 1. The molecule has 0 saturated heterocycles. The van der Waals surface area contributed by atoms with Gasteiger partial charge in [0.1, 0.15) is 5.76 Å². The van der Waals surface area contributed by atoms with Gasteiger partial charge in [-0.1, -0.05) is 41.9 Å². The number of benzene rings is 2. The zero-order valence-electron chi connectivity index (χ0n) is 16.1. The largest absolute Gasteiger partial charge is 0.469 e. The third kappa shape index (κ3) is 3.26. The predicted octanol–water partition coefficient (Wildman–Crippen LogP) is 4.56. The van der Waals surface area contributed by atoms with Crippen molar-refractivity contribution in [2.24, 2.45) is 0 Å². The van der Waals surface area contributed by atoms with E-state index in [1.165, 1.54) is 11.2 Å². The number of anilines is 1. The molecule has 1 aromatic heterocycles. The Bertz CT molecular complexity index is 1090. The summed E-state index contributed by atoms with van der Waals surface area (Å²) in [6, 6.07) is 14.4. The molecule has 2 aromatic carbocycles. The van der Waals surface area contributed by atoms with Gasteiger partial charge in [0, 0.05) is 10.6 Å². The summed E-state index contributed by atoms with van der Waals surface area (Å²) in [5, 5.41) is 11.8. The highest BCUT2D eigenvalue weighted by atomic mass is 35.5. The van der Waals surface area contributed by atoms with Crippen LogP contribution in [0.3, 0.4) is 0 Å². The minimum absolute atomic E-state index is 0.286. The summed E-state index contributed by atoms with van der Waals surface area (Å²) in [5.41, 5.74) is 0.906. The van der Waals surface area contributed by atoms with Gasteiger partial charge in [-0.15, -0.1) is 0 Å². The molecule has 29 heavy (non-hydrogen) atoms. The van der Waals surface area contributed by atoms with Crippen molar-refractivity contribution < 1.29 is 19.1 Å². The fourth-order valence-corrected chi connectivity index (χ4v) is 4.10. The van der Waals surface area contributed by atoms with Crippen LogP contribution in [-0.4, -0.2) is 16.8 Å². The summed E-state index contributed by atoms with van der Waals surface area (Å²) in [5.74, 6) is -0.420. The van der Waals surface area contributed by atoms with Crippen LogP contribution in [0.1, 0.15) is 39.2 Å². The number of carbonyl (C=O) groups excluding carboxylic acids is 2. The van der Waals surface area contributed by atoms with Gasteiger partial charge in [0.15, 0.2) is 11.4 Å². The van der Waals surface area contributed by atoms with Crippen LogP contribution >= 0.6 is 11.6 Å². The molecule has 1 aliphatic heterocycles. The summed E-state index contributed by atoms with van der Waals surface area (Å²) in [7, 11) is 0. The van der Waals surface area contributed by atoms with Crippen LogP contribution in [0.4, 0.5) is 5.69 Å². The van der Waals surface area contributed by atoms with E-state index in [1.54, 1.807) is 32.0 Å². The molecule has 0 aliphatic carbocycles. The second kappa shape index (κ2) is 7.17. The Kier molecular flexibility index (Phi) is 4.81. The van der Waals surface area contributed by atoms with Crippen molar-refractivity contribution in [1.29, 1.82) is 0 Å². The van der Waals surface area contributed by atoms with Crippen molar-refractivity contribution >= 4 is 29.0 Å². The van der Waals surface area contributed by atoms with Crippen LogP contribution in [0.15, 0.2) is 59.2 Å². The van der Waals surface area contributed by atoms with Crippen LogP contribution < -0.4 is 4.90 Å². The number of carbonyl (C=O) groups is 2. The summed E-state index contributed by atoms with van der Waals surface area (Å²) < 4.78 is 5.31. The molecule has 3 aromatic rings. The molecule has 6 heteroatoms. The van der Waals surface area contributed by atoms with Crippen molar-refractivity contribution in [3.05, 3.63) is 87.8 Å². The molecule has 0 spiro atoms. The highest BCUT2D eigenvalue weighted by molar-refractivity contribution is 6.31. The molecule has 1 N–H and O–H groups in total. The van der Waals surface area contributed by atoms with Crippen LogP contribution in [0, 0.1) is 13.8 Å². The molecule has 1 atom stereocenters. The smallest absolute Gasteiger partial charge is 0.264 e.